The fourth-order valence-electron chi connectivity index (χ4n) is 2.39. The molecule has 0 aromatic heterocycles. The Bertz CT molecular complexity index is 556. The molecule has 1 aliphatic heterocycles. The SMILES string of the molecule is CCOC(=O)C1CCCCN1S(=O)(=O)c1ccccc1. The Hall–Kier alpha value is -1.40. The maximum absolute atomic E-state index is 12.6. The van der Waals surface area contributed by atoms with E-state index in [-0.39, 0.29) is 11.5 Å². The van der Waals surface area contributed by atoms with Crippen molar-refractivity contribution < 1.29 is 17.9 Å². The summed E-state index contributed by atoms with van der Waals surface area (Å²) in [5.41, 5.74) is 0. The molecule has 0 bridgehead atoms. The molecule has 1 unspecified atom stereocenters. The van der Waals surface area contributed by atoms with Crippen LogP contribution in [0.2, 0.25) is 0 Å². The van der Waals surface area contributed by atoms with Crippen LogP contribution in [0, 0.1) is 0 Å². The van der Waals surface area contributed by atoms with Gasteiger partial charge >= 0.3 is 5.97 Å². The lowest BCUT2D eigenvalue weighted by molar-refractivity contribution is -0.148. The van der Waals surface area contributed by atoms with Crippen molar-refractivity contribution in [2.75, 3.05) is 13.2 Å². The average Bonchev–Trinajstić information content (AvgIpc) is 2.48. The largest absolute Gasteiger partial charge is 0.465 e. The Kier molecular flexibility index (Phi) is 4.77. The maximum Gasteiger partial charge on any atom is 0.324 e. The molecular weight excluding hydrogens is 278 g/mol. The Labute approximate surface area is 119 Å². The van der Waals surface area contributed by atoms with E-state index in [2.05, 4.69) is 0 Å². The zero-order valence-corrected chi connectivity index (χ0v) is 12.3. The van der Waals surface area contributed by atoms with Gasteiger partial charge in [0.15, 0.2) is 0 Å². The summed E-state index contributed by atoms with van der Waals surface area (Å²) in [6.07, 6.45) is 2.12. The van der Waals surface area contributed by atoms with Gasteiger partial charge in [-0.1, -0.05) is 18.2 Å². The molecule has 0 aliphatic carbocycles. The number of hydrogen-bond donors (Lipinski definition) is 0. The van der Waals surface area contributed by atoms with E-state index in [1.54, 1.807) is 37.3 Å². The molecule has 2 rings (SSSR count). The summed E-state index contributed by atoms with van der Waals surface area (Å²) < 4.78 is 31.5. The van der Waals surface area contributed by atoms with E-state index in [0.29, 0.717) is 13.0 Å². The van der Waals surface area contributed by atoms with Gasteiger partial charge in [-0.15, -0.1) is 0 Å². The first-order valence-corrected chi connectivity index (χ1v) is 8.25. The minimum Gasteiger partial charge on any atom is -0.465 e. The van der Waals surface area contributed by atoms with Gasteiger partial charge in [-0.05, 0) is 38.3 Å². The number of esters is 1. The number of rotatable bonds is 4. The van der Waals surface area contributed by atoms with Crippen LogP contribution in [-0.4, -0.2) is 37.9 Å². The van der Waals surface area contributed by atoms with Crippen LogP contribution in [0.5, 0.6) is 0 Å². The highest BCUT2D eigenvalue weighted by atomic mass is 32.2. The normalized spacial score (nSPS) is 20.6. The Morgan fingerprint density at radius 2 is 2.00 bits per heavy atom. The summed E-state index contributed by atoms with van der Waals surface area (Å²) >= 11 is 0. The van der Waals surface area contributed by atoms with Crippen LogP contribution in [0.3, 0.4) is 0 Å². The Morgan fingerprint density at radius 3 is 2.65 bits per heavy atom. The number of carbonyl (C=O) groups excluding carboxylic acids is 1. The van der Waals surface area contributed by atoms with Gasteiger partial charge in [0.1, 0.15) is 6.04 Å². The molecule has 1 atom stereocenters. The number of hydrogen-bond acceptors (Lipinski definition) is 4. The van der Waals surface area contributed by atoms with E-state index in [4.69, 9.17) is 4.74 Å². The van der Waals surface area contributed by atoms with E-state index >= 15 is 0 Å². The zero-order valence-electron chi connectivity index (χ0n) is 11.5. The highest BCUT2D eigenvalue weighted by molar-refractivity contribution is 7.89. The third-order valence-corrected chi connectivity index (χ3v) is 5.28. The topological polar surface area (TPSA) is 63.7 Å². The lowest BCUT2D eigenvalue weighted by atomic mass is 10.1. The van der Waals surface area contributed by atoms with Crippen LogP contribution < -0.4 is 0 Å². The minimum absolute atomic E-state index is 0.219. The summed E-state index contributed by atoms with van der Waals surface area (Å²) in [5.74, 6) is -0.452. The molecule has 0 spiro atoms. The number of nitrogens with zero attached hydrogens (tertiary/aromatic N) is 1. The van der Waals surface area contributed by atoms with Crippen molar-refractivity contribution in [1.29, 1.82) is 0 Å². The van der Waals surface area contributed by atoms with E-state index in [9.17, 15) is 13.2 Å². The van der Waals surface area contributed by atoms with Gasteiger partial charge in [0.05, 0.1) is 11.5 Å². The fourth-order valence-corrected chi connectivity index (χ4v) is 4.06. The smallest absolute Gasteiger partial charge is 0.324 e. The van der Waals surface area contributed by atoms with Crippen LogP contribution in [0.15, 0.2) is 35.2 Å². The van der Waals surface area contributed by atoms with E-state index in [0.717, 1.165) is 12.8 Å². The van der Waals surface area contributed by atoms with Crippen LogP contribution in [0.4, 0.5) is 0 Å². The van der Waals surface area contributed by atoms with Crippen LogP contribution in [0.1, 0.15) is 26.2 Å². The molecule has 20 heavy (non-hydrogen) atoms. The number of benzene rings is 1. The first-order chi connectivity index (χ1) is 9.57. The third kappa shape index (κ3) is 3.02. The van der Waals surface area contributed by atoms with Gasteiger partial charge < -0.3 is 4.74 Å². The summed E-state index contributed by atoms with van der Waals surface area (Å²) in [5, 5.41) is 0. The second-order valence-corrected chi connectivity index (χ2v) is 6.58. The number of piperidine rings is 1. The summed E-state index contributed by atoms with van der Waals surface area (Å²) in [6.45, 7) is 2.34. The molecule has 1 heterocycles. The molecule has 110 valence electrons. The van der Waals surface area contributed by atoms with Crippen molar-refractivity contribution in [3.05, 3.63) is 30.3 Å². The quantitative estimate of drug-likeness (QED) is 0.795. The molecule has 0 amide bonds. The monoisotopic (exact) mass is 297 g/mol. The molecule has 5 nitrogen and oxygen atoms in total. The molecule has 0 saturated carbocycles. The van der Waals surface area contributed by atoms with Crippen LogP contribution in [0.25, 0.3) is 0 Å². The molecule has 1 saturated heterocycles. The number of sulfonamides is 1. The first-order valence-electron chi connectivity index (χ1n) is 6.81. The zero-order chi connectivity index (χ0) is 14.6. The predicted octanol–water partition coefficient (Wildman–Crippen LogP) is 1.79. The van der Waals surface area contributed by atoms with Gasteiger partial charge in [-0.25, -0.2) is 8.42 Å². The van der Waals surface area contributed by atoms with E-state index in [1.165, 1.54) is 4.31 Å². The molecule has 1 aromatic carbocycles. The highest BCUT2D eigenvalue weighted by Gasteiger charge is 2.38. The maximum atomic E-state index is 12.6. The van der Waals surface area contributed by atoms with Crippen LogP contribution >= 0.6 is 0 Å². The van der Waals surface area contributed by atoms with Crippen molar-refractivity contribution in [3.8, 4) is 0 Å². The lowest BCUT2D eigenvalue weighted by Gasteiger charge is -2.32. The van der Waals surface area contributed by atoms with Gasteiger partial charge in [0.2, 0.25) is 10.0 Å². The Balaban J connectivity index is 2.30. The average molecular weight is 297 g/mol. The second kappa shape index (κ2) is 6.37. The first kappa shape index (κ1) is 15.0. The molecule has 0 radical (unpaired) electrons. The molecule has 1 fully saturated rings. The molecule has 6 heteroatoms. The number of carbonyl (C=O) groups is 1. The van der Waals surface area contributed by atoms with Crippen molar-refractivity contribution in [1.82, 2.24) is 4.31 Å². The van der Waals surface area contributed by atoms with Gasteiger partial charge in [-0.2, -0.15) is 4.31 Å². The Morgan fingerprint density at radius 1 is 1.30 bits per heavy atom. The summed E-state index contributed by atoms with van der Waals surface area (Å²) in [4.78, 5) is 12.2. The predicted molar refractivity (Wildman–Crippen MR) is 74.6 cm³/mol. The van der Waals surface area contributed by atoms with Crippen LogP contribution in [-0.2, 0) is 19.6 Å². The van der Waals surface area contributed by atoms with E-state index in [1.807, 2.05) is 0 Å². The van der Waals surface area contributed by atoms with Crippen molar-refractivity contribution in [2.24, 2.45) is 0 Å². The molecule has 1 aliphatic rings. The van der Waals surface area contributed by atoms with Gasteiger partial charge in [-0.3, -0.25) is 4.79 Å². The number of ether oxygens (including phenoxy) is 1. The van der Waals surface area contributed by atoms with Gasteiger partial charge in [0, 0.05) is 6.54 Å². The standard InChI is InChI=1S/C14H19NO4S/c1-2-19-14(16)13-10-6-7-11-15(13)20(17,18)12-8-4-3-5-9-12/h3-5,8-9,13H,2,6-7,10-11H2,1H3. The second-order valence-electron chi connectivity index (χ2n) is 4.69. The molecule has 1 aromatic rings. The summed E-state index contributed by atoms with van der Waals surface area (Å²) in [6, 6.07) is 7.51. The third-order valence-electron chi connectivity index (χ3n) is 3.36. The van der Waals surface area contributed by atoms with Crippen molar-refractivity contribution in [2.45, 2.75) is 37.1 Å². The van der Waals surface area contributed by atoms with Crippen molar-refractivity contribution in [3.63, 3.8) is 0 Å². The summed E-state index contributed by atoms with van der Waals surface area (Å²) in [7, 11) is -3.64. The van der Waals surface area contributed by atoms with Gasteiger partial charge in [0.25, 0.3) is 0 Å². The highest BCUT2D eigenvalue weighted by Crippen LogP contribution is 2.25. The molecular formula is C14H19NO4S. The minimum atomic E-state index is -3.64. The lowest BCUT2D eigenvalue weighted by Crippen LogP contribution is -2.48. The van der Waals surface area contributed by atoms with E-state index < -0.39 is 22.0 Å². The van der Waals surface area contributed by atoms with Crippen molar-refractivity contribution >= 4 is 16.0 Å². The molecule has 0 N–H and O–H groups in total. The fraction of sp³-hybridized carbons (Fsp3) is 0.500.